The minimum Gasteiger partial charge on any atom is -0.443 e. The van der Waals surface area contributed by atoms with Crippen LogP contribution in [0.4, 0.5) is 4.79 Å². The molecule has 1 heterocycles. The van der Waals surface area contributed by atoms with Crippen molar-refractivity contribution >= 4 is 12.0 Å². The van der Waals surface area contributed by atoms with Crippen LogP contribution in [0.15, 0.2) is 30.3 Å². The topological polar surface area (TPSA) is 67.4 Å². The monoisotopic (exact) mass is 346 g/mol. The summed E-state index contributed by atoms with van der Waals surface area (Å²) in [6.45, 7) is 6.41. The second-order valence-corrected chi connectivity index (χ2v) is 7.07. The Bertz CT molecular complexity index is 576. The molecule has 1 fully saturated rings. The van der Waals surface area contributed by atoms with Gasteiger partial charge < -0.3 is 15.4 Å². The molecule has 3 atom stereocenters. The Hall–Kier alpha value is -2.04. The van der Waals surface area contributed by atoms with Crippen molar-refractivity contribution in [1.29, 1.82) is 0 Å². The molecule has 138 valence electrons. The van der Waals surface area contributed by atoms with E-state index in [1.807, 2.05) is 44.2 Å². The molecular formula is C20H30N2O3. The highest BCUT2D eigenvalue weighted by Crippen LogP contribution is 2.32. The van der Waals surface area contributed by atoms with E-state index >= 15 is 0 Å². The number of amides is 2. The molecule has 3 unspecified atom stereocenters. The SMILES string of the molecule is CCCCCCC(C)NC(=O)C(C)(c1ccccc1)C1CNC(=O)O1. The van der Waals surface area contributed by atoms with Gasteiger partial charge in [0.25, 0.3) is 0 Å². The number of alkyl carbamates (subject to hydrolysis) is 1. The zero-order chi connectivity index (χ0) is 18.3. The first-order valence-electron chi connectivity index (χ1n) is 9.29. The lowest BCUT2D eigenvalue weighted by molar-refractivity contribution is -0.130. The first-order valence-corrected chi connectivity index (χ1v) is 9.29. The number of hydrogen-bond donors (Lipinski definition) is 2. The molecule has 5 heteroatoms. The van der Waals surface area contributed by atoms with Crippen LogP contribution >= 0.6 is 0 Å². The number of ether oxygens (including phenoxy) is 1. The normalized spacial score (nSPS) is 20.3. The lowest BCUT2D eigenvalue weighted by atomic mass is 9.76. The molecule has 0 aromatic heterocycles. The molecule has 5 nitrogen and oxygen atoms in total. The fourth-order valence-corrected chi connectivity index (χ4v) is 3.28. The van der Waals surface area contributed by atoms with Crippen LogP contribution in [0.3, 0.4) is 0 Å². The Morgan fingerprint density at radius 3 is 2.64 bits per heavy atom. The summed E-state index contributed by atoms with van der Waals surface area (Å²) in [7, 11) is 0. The van der Waals surface area contributed by atoms with E-state index in [0.29, 0.717) is 6.54 Å². The van der Waals surface area contributed by atoms with Gasteiger partial charge in [-0.15, -0.1) is 0 Å². The van der Waals surface area contributed by atoms with Gasteiger partial charge >= 0.3 is 6.09 Å². The lowest BCUT2D eigenvalue weighted by Crippen LogP contribution is -2.53. The zero-order valence-corrected chi connectivity index (χ0v) is 15.5. The number of unbranched alkanes of at least 4 members (excludes halogenated alkanes) is 3. The smallest absolute Gasteiger partial charge is 0.407 e. The molecule has 0 aliphatic carbocycles. The van der Waals surface area contributed by atoms with Crippen molar-refractivity contribution in [2.45, 2.75) is 70.4 Å². The Morgan fingerprint density at radius 1 is 1.32 bits per heavy atom. The highest BCUT2D eigenvalue weighted by Gasteiger charge is 2.48. The third-order valence-corrected chi connectivity index (χ3v) is 5.04. The Kier molecular flexibility index (Phi) is 6.85. The van der Waals surface area contributed by atoms with E-state index in [-0.39, 0.29) is 11.9 Å². The largest absolute Gasteiger partial charge is 0.443 e. The van der Waals surface area contributed by atoms with Gasteiger partial charge in [0.2, 0.25) is 5.91 Å². The number of hydrogen-bond acceptors (Lipinski definition) is 3. The van der Waals surface area contributed by atoms with Gasteiger partial charge in [-0.3, -0.25) is 4.79 Å². The third-order valence-electron chi connectivity index (χ3n) is 5.04. The van der Waals surface area contributed by atoms with Crippen LogP contribution in [0.1, 0.15) is 58.4 Å². The highest BCUT2D eigenvalue weighted by molar-refractivity contribution is 5.89. The van der Waals surface area contributed by atoms with E-state index in [2.05, 4.69) is 17.6 Å². The quantitative estimate of drug-likeness (QED) is 0.672. The van der Waals surface area contributed by atoms with Gasteiger partial charge in [0.1, 0.15) is 11.5 Å². The molecule has 0 spiro atoms. The highest BCUT2D eigenvalue weighted by atomic mass is 16.6. The predicted molar refractivity (Wildman–Crippen MR) is 98.4 cm³/mol. The minimum absolute atomic E-state index is 0.0943. The molecule has 2 rings (SSSR count). The van der Waals surface area contributed by atoms with E-state index in [9.17, 15) is 9.59 Å². The summed E-state index contributed by atoms with van der Waals surface area (Å²) >= 11 is 0. The summed E-state index contributed by atoms with van der Waals surface area (Å²) in [5.74, 6) is -0.0943. The van der Waals surface area contributed by atoms with Crippen molar-refractivity contribution < 1.29 is 14.3 Å². The molecule has 1 saturated heterocycles. The number of carbonyl (C=O) groups excluding carboxylic acids is 2. The molecule has 2 N–H and O–H groups in total. The summed E-state index contributed by atoms with van der Waals surface area (Å²) in [5.41, 5.74) is -0.0647. The van der Waals surface area contributed by atoms with Gasteiger partial charge in [-0.05, 0) is 25.8 Å². The molecule has 1 aliphatic rings. The zero-order valence-electron chi connectivity index (χ0n) is 15.5. The third kappa shape index (κ3) is 4.74. The van der Waals surface area contributed by atoms with Crippen LogP contribution < -0.4 is 10.6 Å². The van der Waals surface area contributed by atoms with Gasteiger partial charge in [0, 0.05) is 6.04 Å². The Balaban J connectivity index is 2.10. The van der Waals surface area contributed by atoms with Gasteiger partial charge in [-0.25, -0.2) is 4.79 Å². The van der Waals surface area contributed by atoms with E-state index < -0.39 is 17.6 Å². The van der Waals surface area contributed by atoms with Gasteiger partial charge in [-0.1, -0.05) is 62.9 Å². The Morgan fingerprint density at radius 2 is 2.04 bits per heavy atom. The number of rotatable bonds is 9. The number of cyclic esters (lactones) is 1. The second-order valence-electron chi connectivity index (χ2n) is 7.07. The van der Waals surface area contributed by atoms with Crippen LogP contribution in [0, 0.1) is 0 Å². The maximum Gasteiger partial charge on any atom is 0.407 e. The van der Waals surface area contributed by atoms with E-state index in [1.54, 1.807) is 0 Å². The minimum atomic E-state index is -0.919. The van der Waals surface area contributed by atoms with Crippen LogP contribution in [0.5, 0.6) is 0 Å². The summed E-state index contributed by atoms with van der Waals surface area (Å²) in [4.78, 5) is 24.6. The molecule has 1 aliphatic heterocycles. The molecule has 1 aromatic rings. The predicted octanol–water partition coefficient (Wildman–Crippen LogP) is 3.53. The van der Waals surface area contributed by atoms with E-state index in [0.717, 1.165) is 18.4 Å². The first kappa shape index (κ1) is 19.3. The van der Waals surface area contributed by atoms with Crippen LogP contribution in [-0.2, 0) is 14.9 Å². The number of benzene rings is 1. The average molecular weight is 346 g/mol. The van der Waals surface area contributed by atoms with Gasteiger partial charge in [0.15, 0.2) is 0 Å². The molecule has 0 bridgehead atoms. The number of carbonyl (C=O) groups is 2. The molecule has 1 aromatic carbocycles. The van der Waals surface area contributed by atoms with Crippen molar-refractivity contribution in [2.75, 3.05) is 6.54 Å². The van der Waals surface area contributed by atoms with Crippen molar-refractivity contribution in [3.05, 3.63) is 35.9 Å². The van der Waals surface area contributed by atoms with E-state index in [4.69, 9.17) is 4.74 Å². The van der Waals surface area contributed by atoms with E-state index in [1.165, 1.54) is 19.3 Å². The fourth-order valence-electron chi connectivity index (χ4n) is 3.28. The van der Waals surface area contributed by atoms with Crippen molar-refractivity contribution in [3.8, 4) is 0 Å². The summed E-state index contributed by atoms with van der Waals surface area (Å²) < 4.78 is 5.39. The lowest BCUT2D eigenvalue weighted by Gasteiger charge is -2.34. The second kappa shape index (κ2) is 8.88. The van der Waals surface area contributed by atoms with Crippen LogP contribution in [0.25, 0.3) is 0 Å². The van der Waals surface area contributed by atoms with Crippen molar-refractivity contribution in [2.24, 2.45) is 0 Å². The average Bonchev–Trinajstić information content (AvgIpc) is 3.05. The molecular weight excluding hydrogens is 316 g/mol. The fraction of sp³-hybridized carbons (Fsp3) is 0.600. The summed E-state index contributed by atoms with van der Waals surface area (Å²) in [5, 5.41) is 5.79. The van der Waals surface area contributed by atoms with Crippen molar-refractivity contribution in [1.82, 2.24) is 10.6 Å². The molecule has 0 saturated carbocycles. The number of nitrogens with one attached hydrogen (secondary N) is 2. The maximum absolute atomic E-state index is 13.1. The maximum atomic E-state index is 13.1. The Labute approximate surface area is 150 Å². The summed E-state index contributed by atoms with van der Waals surface area (Å²) in [6, 6.07) is 9.64. The molecule has 2 amide bonds. The molecule has 25 heavy (non-hydrogen) atoms. The van der Waals surface area contributed by atoms with Crippen LogP contribution in [0.2, 0.25) is 0 Å². The summed E-state index contributed by atoms with van der Waals surface area (Å²) in [6.07, 6.45) is 4.70. The van der Waals surface area contributed by atoms with Gasteiger partial charge in [0.05, 0.1) is 6.54 Å². The molecule has 0 radical (unpaired) electrons. The van der Waals surface area contributed by atoms with Crippen LogP contribution in [-0.4, -0.2) is 30.7 Å². The van der Waals surface area contributed by atoms with Crippen molar-refractivity contribution in [3.63, 3.8) is 0 Å². The standard InChI is InChI=1S/C20H30N2O3/c1-4-5-6-8-11-15(2)22-18(23)20(3,16-12-9-7-10-13-16)17-14-21-19(24)25-17/h7,9-10,12-13,15,17H,4-6,8,11,14H2,1-3H3,(H,21,24)(H,22,23). The first-order chi connectivity index (χ1) is 12.0. The van der Waals surface area contributed by atoms with Gasteiger partial charge in [-0.2, -0.15) is 0 Å².